The normalized spacial score (nSPS) is 11.7. The SMILES string of the molecule is C[Si](c1ccccc1)(c1ccccc1)c1cccc(-c2ccnc(-n3c4ccccc4c4cc(-c5ccc6c(c5)c5ccccc5n6-c5ccccc5)ccc43)n2)c1.c1ccc(-c2nc(-c3ccccc3)nc(-c3ccc(-n4c5ccccc5c5cc(-c6ccc7c(c6)c6ccccc6n7-c6ccccc6)ccc54)cc3)n2)cc1. The molecular formula is C104H71N9Si. The molecule has 114 heavy (non-hydrogen) atoms. The lowest BCUT2D eigenvalue weighted by Crippen LogP contribution is -2.64. The van der Waals surface area contributed by atoms with Crippen LogP contribution in [0.4, 0.5) is 0 Å². The zero-order chi connectivity index (χ0) is 75.6. The van der Waals surface area contributed by atoms with E-state index in [0.717, 1.165) is 67.1 Å². The number of hydrogen-bond donors (Lipinski definition) is 0. The maximum absolute atomic E-state index is 5.29. The van der Waals surface area contributed by atoms with E-state index in [0.29, 0.717) is 23.4 Å². The summed E-state index contributed by atoms with van der Waals surface area (Å²) in [5.41, 5.74) is 22.2. The molecule has 9 nitrogen and oxygen atoms in total. The Balaban J connectivity index is 0.000000143. The molecule has 10 heteroatoms. The number of rotatable bonds is 13. The minimum absolute atomic E-state index is 0.639. The Kier molecular flexibility index (Phi) is 16.6. The van der Waals surface area contributed by atoms with Crippen LogP contribution in [0.5, 0.6) is 0 Å². The molecular weight excluding hydrogens is 1400 g/mol. The Hall–Kier alpha value is -15.0. The van der Waals surface area contributed by atoms with Crippen LogP contribution in [-0.2, 0) is 0 Å². The molecule has 0 radical (unpaired) electrons. The quantitative estimate of drug-likeness (QED) is 0.0848. The summed E-state index contributed by atoms with van der Waals surface area (Å²) in [5.74, 6) is 2.60. The average Bonchev–Trinajstić information content (AvgIpc) is 1.62. The fraction of sp³-hybridized carbons (Fsp3) is 0.00962. The Morgan fingerprint density at radius 1 is 0.202 bits per heavy atom. The predicted molar refractivity (Wildman–Crippen MR) is 475 cm³/mol. The minimum Gasteiger partial charge on any atom is -0.309 e. The van der Waals surface area contributed by atoms with Crippen LogP contribution in [0.15, 0.2) is 413 Å². The zero-order valence-electron chi connectivity index (χ0n) is 62.3. The number of nitrogens with zero attached hydrogens (tertiary/aromatic N) is 9. The molecule has 0 unspecified atom stereocenters. The maximum atomic E-state index is 5.29. The molecule has 0 aliphatic carbocycles. The van der Waals surface area contributed by atoms with Crippen molar-refractivity contribution in [2.75, 3.05) is 0 Å². The molecule has 0 saturated heterocycles. The van der Waals surface area contributed by atoms with Crippen molar-refractivity contribution in [3.05, 3.63) is 413 Å². The number of hydrogen-bond acceptors (Lipinski definition) is 5. The molecule has 0 aliphatic heterocycles. The third-order valence-electron chi connectivity index (χ3n) is 22.7. The number of aromatic nitrogens is 9. The first kappa shape index (κ1) is 67.2. The second-order valence-electron chi connectivity index (χ2n) is 29.3. The second-order valence-corrected chi connectivity index (χ2v) is 33.3. The standard InChI is InChI=1S/C53H38N4Si.C51H33N5/c1-58(41-19-7-3-8-20-41,42-21-9-4-10-22-42)43-23-15-16-39(34-43)48-32-33-54-53(55-48)57-50-27-14-12-25-45(50)47-36-38(29-31-52(47)57)37-28-30-51-46(35-37)44-24-11-13-26-49(44)56(51)40-17-5-2-6-18-40;1-4-14-34(15-5-1)49-52-50(35-16-6-2-7-17-35)54-51(53-49)36-24-28-40(29-25-36)56-46-23-13-11-21-42(46)44-33-38(27-31-48(44)56)37-26-30-47-43(32-37)41-20-10-12-22-45(41)55(47)39-18-8-3-9-19-39/h2-36H,1H3;1-33H. The monoisotopic (exact) mass is 1470 g/mol. The summed E-state index contributed by atoms with van der Waals surface area (Å²) in [4.78, 5) is 25.0. The van der Waals surface area contributed by atoms with Gasteiger partial charge in [-0.05, 0) is 165 Å². The Bertz CT molecular complexity index is 7310. The van der Waals surface area contributed by atoms with Crippen molar-refractivity contribution in [2.24, 2.45) is 0 Å². The maximum Gasteiger partial charge on any atom is 0.235 e. The van der Waals surface area contributed by atoms with Gasteiger partial charge in [-0.2, -0.15) is 0 Å². The Labute approximate surface area is 659 Å². The molecule has 0 atom stereocenters. The van der Waals surface area contributed by atoms with Gasteiger partial charge in [-0.3, -0.25) is 4.57 Å². The molecule has 0 saturated carbocycles. The van der Waals surface area contributed by atoms with Crippen molar-refractivity contribution in [3.63, 3.8) is 0 Å². The van der Waals surface area contributed by atoms with Gasteiger partial charge in [0, 0.05) is 88.6 Å². The second kappa shape index (κ2) is 28.2. The van der Waals surface area contributed by atoms with Crippen LogP contribution in [0.3, 0.4) is 0 Å². The van der Waals surface area contributed by atoms with E-state index >= 15 is 0 Å². The highest BCUT2D eigenvalue weighted by Crippen LogP contribution is 2.42. The highest BCUT2D eigenvalue weighted by molar-refractivity contribution is 7.10. The van der Waals surface area contributed by atoms with E-state index < -0.39 is 8.07 Å². The van der Waals surface area contributed by atoms with Crippen LogP contribution in [0.1, 0.15) is 0 Å². The highest BCUT2D eigenvalue weighted by Gasteiger charge is 2.34. The first-order valence-corrected chi connectivity index (χ1v) is 41.2. The van der Waals surface area contributed by atoms with E-state index in [1.54, 1.807) is 0 Å². The largest absolute Gasteiger partial charge is 0.309 e. The molecule has 0 N–H and O–H groups in total. The van der Waals surface area contributed by atoms with Gasteiger partial charge in [-0.15, -0.1) is 0 Å². The lowest BCUT2D eigenvalue weighted by molar-refractivity contribution is 0.992. The van der Waals surface area contributed by atoms with Crippen molar-refractivity contribution in [2.45, 2.75) is 6.55 Å². The molecule has 0 aliphatic rings. The molecule has 0 bridgehead atoms. The van der Waals surface area contributed by atoms with Gasteiger partial charge in [0.1, 0.15) is 8.07 Å². The van der Waals surface area contributed by atoms with E-state index in [4.69, 9.17) is 24.9 Å². The topological polar surface area (TPSA) is 84.2 Å². The Morgan fingerprint density at radius 3 is 0.886 bits per heavy atom. The molecule has 536 valence electrons. The number of benzene rings is 16. The van der Waals surface area contributed by atoms with Crippen LogP contribution >= 0.6 is 0 Å². The summed E-state index contributed by atoms with van der Waals surface area (Å²) in [6, 6.07) is 145. The number of para-hydroxylation sites is 6. The fourth-order valence-corrected chi connectivity index (χ4v) is 20.8. The lowest BCUT2D eigenvalue weighted by atomic mass is 10.0. The van der Waals surface area contributed by atoms with Gasteiger partial charge >= 0.3 is 0 Å². The van der Waals surface area contributed by atoms with E-state index in [-0.39, 0.29) is 0 Å². The van der Waals surface area contributed by atoms with Crippen LogP contribution in [-0.4, -0.2) is 51.3 Å². The van der Waals surface area contributed by atoms with E-state index in [1.165, 1.54) is 103 Å². The summed E-state index contributed by atoms with van der Waals surface area (Å²) in [5, 5.41) is 13.9. The van der Waals surface area contributed by atoms with Gasteiger partial charge in [0.2, 0.25) is 5.95 Å². The van der Waals surface area contributed by atoms with Crippen molar-refractivity contribution < 1.29 is 0 Å². The van der Waals surface area contributed by atoms with Crippen molar-refractivity contribution >= 4 is 111 Å². The molecule has 6 aromatic heterocycles. The van der Waals surface area contributed by atoms with Gasteiger partial charge in [0.25, 0.3) is 0 Å². The molecule has 0 spiro atoms. The van der Waals surface area contributed by atoms with Crippen molar-refractivity contribution in [1.29, 1.82) is 0 Å². The lowest BCUT2D eigenvalue weighted by Gasteiger charge is -2.30. The molecule has 0 fully saturated rings. The fourth-order valence-electron chi connectivity index (χ4n) is 17.2. The van der Waals surface area contributed by atoms with Crippen molar-refractivity contribution in [1.82, 2.24) is 43.2 Å². The molecule has 0 amide bonds. The summed E-state index contributed by atoms with van der Waals surface area (Å²) < 4.78 is 9.29. The third kappa shape index (κ3) is 11.7. The van der Waals surface area contributed by atoms with Crippen molar-refractivity contribution in [3.8, 4) is 90.7 Å². The summed E-state index contributed by atoms with van der Waals surface area (Å²) in [7, 11) is -2.31. The molecule has 6 heterocycles. The first-order valence-electron chi connectivity index (χ1n) is 38.7. The van der Waals surface area contributed by atoms with Gasteiger partial charge < -0.3 is 13.7 Å². The van der Waals surface area contributed by atoms with E-state index in [1.807, 2.05) is 72.9 Å². The van der Waals surface area contributed by atoms with Gasteiger partial charge in [-0.25, -0.2) is 24.9 Å². The smallest absolute Gasteiger partial charge is 0.235 e. The van der Waals surface area contributed by atoms with Gasteiger partial charge in [0.15, 0.2) is 17.5 Å². The van der Waals surface area contributed by atoms with Crippen LogP contribution in [0, 0.1) is 0 Å². The summed E-state index contributed by atoms with van der Waals surface area (Å²) >= 11 is 0. The van der Waals surface area contributed by atoms with Crippen LogP contribution in [0.2, 0.25) is 6.55 Å². The summed E-state index contributed by atoms with van der Waals surface area (Å²) in [6.07, 6.45) is 1.89. The van der Waals surface area contributed by atoms with E-state index in [2.05, 4.69) is 365 Å². The highest BCUT2D eigenvalue weighted by atomic mass is 28.3. The molecule has 22 aromatic rings. The van der Waals surface area contributed by atoms with Gasteiger partial charge in [-0.1, -0.05) is 286 Å². The van der Waals surface area contributed by atoms with Crippen LogP contribution in [0.25, 0.3) is 178 Å². The third-order valence-corrected chi connectivity index (χ3v) is 27.2. The van der Waals surface area contributed by atoms with E-state index in [9.17, 15) is 0 Å². The molecule has 16 aromatic carbocycles. The first-order chi connectivity index (χ1) is 56.4. The zero-order valence-corrected chi connectivity index (χ0v) is 63.3. The minimum atomic E-state index is -2.31. The van der Waals surface area contributed by atoms with Gasteiger partial charge in [0.05, 0.1) is 49.8 Å². The Morgan fingerprint density at radius 2 is 0.491 bits per heavy atom. The number of fused-ring (bicyclic) bond motifs is 12. The predicted octanol–water partition coefficient (Wildman–Crippen LogP) is 23.8. The summed E-state index contributed by atoms with van der Waals surface area (Å²) in [6.45, 7) is 2.45. The van der Waals surface area contributed by atoms with Crippen LogP contribution < -0.4 is 15.6 Å². The average molecular weight is 1470 g/mol. The molecule has 22 rings (SSSR count).